The van der Waals surface area contributed by atoms with Gasteiger partial charge < -0.3 is 4.98 Å². The Kier molecular flexibility index (Phi) is 4.06. The van der Waals surface area contributed by atoms with Gasteiger partial charge in [-0.3, -0.25) is 4.90 Å². The third-order valence-corrected chi connectivity index (χ3v) is 7.25. The molecule has 0 radical (unpaired) electrons. The summed E-state index contributed by atoms with van der Waals surface area (Å²) in [5.41, 5.74) is 6.25. The van der Waals surface area contributed by atoms with Crippen molar-refractivity contribution in [1.82, 2.24) is 14.9 Å². The molecule has 2 aliphatic rings. The Balaban J connectivity index is 1.62. The van der Waals surface area contributed by atoms with Crippen LogP contribution < -0.4 is 0 Å². The second-order valence-electron chi connectivity index (χ2n) is 8.46. The Morgan fingerprint density at radius 3 is 2.59 bits per heavy atom. The molecule has 4 heteroatoms. The normalized spacial score (nSPS) is 28.1. The van der Waals surface area contributed by atoms with Gasteiger partial charge in [-0.2, -0.15) is 0 Å². The fraction of sp³-hybridized carbons (Fsp3) is 0.435. The highest BCUT2D eigenvalue weighted by molar-refractivity contribution is 6.30. The number of hydrogen-bond acceptors (Lipinski definition) is 2. The molecule has 3 nitrogen and oxygen atoms in total. The van der Waals surface area contributed by atoms with Crippen LogP contribution in [0.25, 0.3) is 11.0 Å². The van der Waals surface area contributed by atoms with E-state index < -0.39 is 0 Å². The molecule has 5 rings (SSSR count). The summed E-state index contributed by atoms with van der Waals surface area (Å²) in [6.07, 6.45) is 3.74. The van der Waals surface area contributed by atoms with E-state index in [0.29, 0.717) is 23.9 Å². The maximum Gasteiger partial charge on any atom is 0.112 e. The van der Waals surface area contributed by atoms with Gasteiger partial charge in [-0.15, -0.1) is 0 Å². The van der Waals surface area contributed by atoms with Crippen molar-refractivity contribution in [3.05, 3.63) is 63.9 Å². The number of piperidine rings is 1. The molecule has 1 unspecified atom stereocenters. The summed E-state index contributed by atoms with van der Waals surface area (Å²) >= 11 is 6.15. The first-order valence-corrected chi connectivity index (χ1v) is 10.3. The van der Waals surface area contributed by atoms with Crippen molar-refractivity contribution in [1.29, 1.82) is 0 Å². The van der Waals surface area contributed by atoms with Gasteiger partial charge in [0.1, 0.15) is 5.82 Å². The lowest BCUT2D eigenvalue weighted by Gasteiger charge is -2.42. The highest BCUT2D eigenvalue weighted by atomic mass is 35.5. The SMILES string of the molecule is Cc1cc2nc([C@@H]3C4CC[C@H](C[C@@H]3c3ccc(Cl)cc3)N4C)[nH]c2cc1C. The maximum atomic E-state index is 6.15. The first kappa shape index (κ1) is 17.3. The lowest BCUT2D eigenvalue weighted by Crippen LogP contribution is -2.44. The first-order valence-electron chi connectivity index (χ1n) is 9.95. The highest BCUT2D eigenvalue weighted by Gasteiger charge is 2.47. The van der Waals surface area contributed by atoms with E-state index in [9.17, 15) is 0 Å². The average molecular weight is 380 g/mol. The average Bonchev–Trinajstić information content (AvgIpc) is 3.13. The molecule has 1 aromatic heterocycles. The van der Waals surface area contributed by atoms with Crippen LogP contribution >= 0.6 is 11.6 Å². The standard InChI is InChI=1S/C23H26ClN3/c1-13-10-19-20(11-14(13)2)26-23(25-19)22-18(15-4-6-16(24)7-5-15)12-17-8-9-21(22)27(17)3/h4-7,10-11,17-18,21-22H,8-9,12H2,1-3H3,(H,25,26)/t17-,18-,21?,22+/m1/s1. The van der Waals surface area contributed by atoms with Crippen LogP contribution in [0.2, 0.25) is 5.02 Å². The molecule has 0 spiro atoms. The third-order valence-electron chi connectivity index (χ3n) is 7.00. The van der Waals surface area contributed by atoms with Crippen molar-refractivity contribution >= 4 is 22.6 Å². The fourth-order valence-corrected chi connectivity index (χ4v) is 5.47. The Bertz CT molecular complexity index is 952. The molecule has 1 N–H and O–H groups in total. The summed E-state index contributed by atoms with van der Waals surface area (Å²) in [4.78, 5) is 11.4. The van der Waals surface area contributed by atoms with Crippen LogP contribution in [-0.4, -0.2) is 34.0 Å². The van der Waals surface area contributed by atoms with Crippen molar-refractivity contribution in [3.8, 4) is 0 Å². The number of aromatic amines is 1. The highest BCUT2D eigenvalue weighted by Crippen LogP contribution is 2.50. The number of hydrogen-bond donors (Lipinski definition) is 1. The van der Waals surface area contributed by atoms with Crippen LogP contribution in [0.1, 0.15) is 53.6 Å². The lowest BCUT2D eigenvalue weighted by atomic mass is 9.76. The summed E-state index contributed by atoms with van der Waals surface area (Å²) in [7, 11) is 2.30. The molecule has 2 fully saturated rings. The summed E-state index contributed by atoms with van der Waals surface area (Å²) in [6, 6.07) is 14.2. The topological polar surface area (TPSA) is 31.9 Å². The van der Waals surface area contributed by atoms with E-state index >= 15 is 0 Å². The molecule has 27 heavy (non-hydrogen) atoms. The minimum absolute atomic E-state index is 0.392. The zero-order valence-electron chi connectivity index (χ0n) is 16.2. The molecular formula is C23H26ClN3. The number of nitrogens with one attached hydrogen (secondary N) is 1. The van der Waals surface area contributed by atoms with E-state index in [1.54, 1.807) is 0 Å². The van der Waals surface area contributed by atoms with Crippen LogP contribution in [0.3, 0.4) is 0 Å². The number of benzene rings is 2. The van der Waals surface area contributed by atoms with Gasteiger partial charge in [0.25, 0.3) is 0 Å². The number of halogens is 1. The molecular weight excluding hydrogens is 354 g/mol. The summed E-state index contributed by atoms with van der Waals surface area (Å²) in [5, 5.41) is 0.806. The van der Waals surface area contributed by atoms with E-state index in [2.05, 4.69) is 55.0 Å². The van der Waals surface area contributed by atoms with Crippen LogP contribution in [0.15, 0.2) is 36.4 Å². The minimum Gasteiger partial charge on any atom is -0.342 e. The number of nitrogens with zero attached hydrogens (tertiary/aromatic N) is 2. The summed E-state index contributed by atoms with van der Waals surface area (Å²) in [5.74, 6) is 2.02. The summed E-state index contributed by atoms with van der Waals surface area (Å²) in [6.45, 7) is 4.33. The van der Waals surface area contributed by atoms with E-state index in [0.717, 1.165) is 21.9 Å². The molecule has 0 amide bonds. The van der Waals surface area contributed by atoms with Gasteiger partial charge in [0.15, 0.2) is 0 Å². The van der Waals surface area contributed by atoms with Crippen LogP contribution in [0.5, 0.6) is 0 Å². The lowest BCUT2D eigenvalue weighted by molar-refractivity contribution is 0.134. The molecule has 2 aliphatic heterocycles. The maximum absolute atomic E-state index is 6.15. The molecule has 140 valence electrons. The van der Waals surface area contributed by atoms with E-state index in [1.807, 2.05) is 12.1 Å². The van der Waals surface area contributed by atoms with E-state index in [4.69, 9.17) is 16.6 Å². The van der Waals surface area contributed by atoms with Gasteiger partial charge in [0, 0.05) is 23.0 Å². The van der Waals surface area contributed by atoms with Gasteiger partial charge in [-0.05, 0) is 87.0 Å². The van der Waals surface area contributed by atoms with Gasteiger partial charge in [-0.25, -0.2) is 4.98 Å². The van der Waals surface area contributed by atoms with Crippen LogP contribution in [-0.2, 0) is 0 Å². The molecule has 3 aromatic rings. The van der Waals surface area contributed by atoms with Gasteiger partial charge in [0.05, 0.1) is 11.0 Å². The first-order chi connectivity index (χ1) is 13.0. The monoisotopic (exact) mass is 379 g/mol. The quantitative estimate of drug-likeness (QED) is 0.631. The van der Waals surface area contributed by atoms with Crippen molar-refractivity contribution in [2.45, 2.75) is 57.0 Å². The van der Waals surface area contributed by atoms with Gasteiger partial charge >= 0.3 is 0 Å². The largest absolute Gasteiger partial charge is 0.342 e. The molecule has 2 aromatic carbocycles. The second-order valence-corrected chi connectivity index (χ2v) is 8.90. The third kappa shape index (κ3) is 2.79. The summed E-state index contributed by atoms with van der Waals surface area (Å²) < 4.78 is 0. The predicted octanol–water partition coefficient (Wildman–Crippen LogP) is 5.57. The molecule has 0 saturated carbocycles. The van der Waals surface area contributed by atoms with Crippen molar-refractivity contribution in [2.24, 2.45) is 0 Å². The number of fused-ring (bicyclic) bond motifs is 3. The van der Waals surface area contributed by atoms with Crippen molar-refractivity contribution in [2.75, 3.05) is 7.05 Å². The van der Waals surface area contributed by atoms with Gasteiger partial charge in [0.2, 0.25) is 0 Å². The number of aryl methyl sites for hydroxylation is 2. The second kappa shape index (κ2) is 6.35. The zero-order chi connectivity index (χ0) is 18.7. The minimum atomic E-state index is 0.392. The number of aromatic nitrogens is 2. The number of likely N-dealkylation sites (N-methyl/N-ethyl adjacent to an activating group) is 1. The van der Waals surface area contributed by atoms with Crippen LogP contribution in [0, 0.1) is 13.8 Å². The molecule has 3 heterocycles. The Morgan fingerprint density at radius 1 is 1.07 bits per heavy atom. The molecule has 2 saturated heterocycles. The molecule has 2 bridgehead atoms. The molecule has 4 atom stereocenters. The van der Waals surface area contributed by atoms with Crippen molar-refractivity contribution in [3.63, 3.8) is 0 Å². The van der Waals surface area contributed by atoms with E-state index in [1.165, 1.54) is 36.0 Å². The smallest absolute Gasteiger partial charge is 0.112 e. The Hall–Kier alpha value is -1.84. The fourth-order valence-electron chi connectivity index (χ4n) is 5.34. The zero-order valence-corrected chi connectivity index (χ0v) is 16.9. The Morgan fingerprint density at radius 2 is 1.81 bits per heavy atom. The number of rotatable bonds is 2. The number of imidazole rings is 1. The van der Waals surface area contributed by atoms with Gasteiger partial charge in [-0.1, -0.05) is 23.7 Å². The molecule has 0 aliphatic carbocycles. The Labute approximate surface area is 165 Å². The predicted molar refractivity (Wildman–Crippen MR) is 112 cm³/mol. The van der Waals surface area contributed by atoms with E-state index in [-0.39, 0.29) is 0 Å². The van der Waals surface area contributed by atoms with Crippen molar-refractivity contribution < 1.29 is 0 Å². The number of H-pyrrole nitrogens is 1. The van der Waals surface area contributed by atoms with Crippen LogP contribution in [0.4, 0.5) is 0 Å².